The van der Waals surface area contributed by atoms with E-state index in [1.807, 2.05) is 37.3 Å². The first-order valence-electron chi connectivity index (χ1n) is 6.34. The lowest BCUT2D eigenvalue weighted by atomic mass is 10.1. The van der Waals surface area contributed by atoms with Crippen molar-refractivity contribution in [3.8, 4) is 11.5 Å². The van der Waals surface area contributed by atoms with Gasteiger partial charge in [0.15, 0.2) is 0 Å². The summed E-state index contributed by atoms with van der Waals surface area (Å²) in [5.41, 5.74) is 3.18. The van der Waals surface area contributed by atoms with Crippen molar-refractivity contribution in [2.24, 2.45) is 0 Å². The van der Waals surface area contributed by atoms with Gasteiger partial charge in [-0.05, 0) is 30.7 Å². The van der Waals surface area contributed by atoms with E-state index in [0.717, 1.165) is 11.1 Å². The van der Waals surface area contributed by atoms with E-state index in [4.69, 9.17) is 16.0 Å². The zero-order valence-electron chi connectivity index (χ0n) is 11.3. The second-order valence-electron chi connectivity index (χ2n) is 4.52. The first-order valence-corrected chi connectivity index (χ1v) is 7.71. The Kier molecular flexibility index (Phi) is 4.22. The molecule has 0 aliphatic heterocycles. The molecule has 1 aromatic carbocycles. The Balaban J connectivity index is 1.67. The highest BCUT2D eigenvalue weighted by Gasteiger charge is 2.09. The molecule has 4 nitrogen and oxygen atoms in total. The van der Waals surface area contributed by atoms with E-state index in [1.54, 1.807) is 12.3 Å². The molecule has 106 valence electrons. The lowest BCUT2D eigenvalue weighted by molar-refractivity contribution is 0.466. The maximum Gasteiger partial charge on any atom is 0.277 e. The molecule has 0 saturated carbocycles. The maximum absolute atomic E-state index is 5.75. The van der Waals surface area contributed by atoms with Gasteiger partial charge < -0.3 is 4.42 Å². The minimum absolute atomic E-state index is 0.489. The Labute approximate surface area is 131 Å². The second-order valence-corrected chi connectivity index (χ2v) is 5.83. The summed E-state index contributed by atoms with van der Waals surface area (Å²) in [5.74, 6) is 1.24. The molecule has 6 heteroatoms. The Morgan fingerprint density at radius 1 is 1.10 bits per heavy atom. The molecule has 3 aromatic rings. The van der Waals surface area contributed by atoms with E-state index < -0.39 is 0 Å². The topological polar surface area (TPSA) is 51.8 Å². The Bertz CT molecular complexity index is 725. The second kappa shape index (κ2) is 6.28. The third kappa shape index (κ3) is 3.62. The van der Waals surface area contributed by atoms with Crippen LogP contribution in [0.1, 0.15) is 11.1 Å². The van der Waals surface area contributed by atoms with Crippen LogP contribution >= 0.6 is 23.4 Å². The summed E-state index contributed by atoms with van der Waals surface area (Å²) in [6, 6.07) is 11.7. The highest BCUT2D eigenvalue weighted by molar-refractivity contribution is 7.98. The molecule has 0 amide bonds. The fourth-order valence-electron chi connectivity index (χ4n) is 1.72. The van der Waals surface area contributed by atoms with Crippen LogP contribution in [0.5, 0.6) is 0 Å². The van der Waals surface area contributed by atoms with Crippen molar-refractivity contribution < 1.29 is 4.42 Å². The molecule has 0 N–H and O–H groups in total. The molecule has 0 unspecified atom stereocenters. The molecular weight excluding hydrogens is 306 g/mol. The summed E-state index contributed by atoms with van der Waals surface area (Å²) >= 11 is 7.23. The number of halogens is 1. The van der Waals surface area contributed by atoms with Gasteiger partial charge >= 0.3 is 0 Å². The third-order valence-electron chi connectivity index (χ3n) is 2.86. The van der Waals surface area contributed by atoms with Crippen LogP contribution < -0.4 is 0 Å². The molecule has 2 aromatic heterocycles. The monoisotopic (exact) mass is 317 g/mol. The zero-order valence-corrected chi connectivity index (χ0v) is 12.9. The summed E-state index contributed by atoms with van der Waals surface area (Å²) in [6.07, 6.45) is 1.74. The number of aryl methyl sites for hydroxylation is 1. The van der Waals surface area contributed by atoms with Crippen LogP contribution in [0.4, 0.5) is 0 Å². The van der Waals surface area contributed by atoms with Crippen LogP contribution in [-0.4, -0.2) is 15.2 Å². The molecule has 2 heterocycles. The van der Waals surface area contributed by atoms with Gasteiger partial charge in [-0.25, -0.2) is 4.98 Å². The first kappa shape index (κ1) is 14.1. The number of aromatic nitrogens is 3. The summed E-state index contributed by atoms with van der Waals surface area (Å²) in [7, 11) is 0. The highest BCUT2D eigenvalue weighted by atomic mass is 35.5. The minimum Gasteiger partial charge on any atom is -0.411 e. The van der Waals surface area contributed by atoms with Crippen LogP contribution in [0.15, 0.2) is 52.2 Å². The number of hydrogen-bond acceptors (Lipinski definition) is 5. The number of nitrogens with zero attached hydrogens (tertiary/aromatic N) is 3. The van der Waals surface area contributed by atoms with E-state index in [9.17, 15) is 0 Å². The normalized spacial score (nSPS) is 10.8. The number of benzene rings is 1. The average Bonchev–Trinajstić information content (AvgIpc) is 2.96. The highest BCUT2D eigenvalue weighted by Crippen LogP contribution is 2.25. The Morgan fingerprint density at radius 3 is 2.62 bits per heavy atom. The van der Waals surface area contributed by atoms with Gasteiger partial charge in [-0.15, -0.1) is 10.2 Å². The predicted molar refractivity (Wildman–Crippen MR) is 83.3 cm³/mol. The molecule has 0 bridgehead atoms. The third-order valence-corrected chi connectivity index (χ3v) is 3.97. The van der Waals surface area contributed by atoms with Crippen molar-refractivity contribution in [2.75, 3.05) is 0 Å². The summed E-state index contributed by atoms with van der Waals surface area (Å²) in [6.45, 7) is 2.04. The lowest BCUT2D eigenvalue weighted by Crippen LogP contribution is -1.83. The van der Waals surface area contributed by atoms with E-state index in [1.165, 1.54) is 17.3 Å². The average molecular weight is 318 g/mol. The van der Waals surface area contributed by atoms with Crippen LogP contribution in [0.2, 0.25) is 5.15 Å². The van der Waals surface area contributed by atoms with Crippen molar-refractivity contribution in [2.45, 2.75) is 17.9 Å². The van der Waals surface area contributed by atoms with Gasteiger partial charge in [-0.1, -0.05) is 47.1 Å². The number of hydrogen-bond donors (Lipinski definition) is 0. The molecule has 0 aliphatic carbocycles. The minimum atomic E-state index is 0.489. The molecule has 21 heavy (non-hydrogen) atoms. The molecule has 0 radical (unpaired) electrons. The summed E-state index contributed by atoms with van der Waals surface area (Å²) < 4.78 is 5.65. The zero-order chi connectivity index (χ0) is 14.7. The molecular formula is C15H12ClN3OS. The predicted octanol–water partition coefficient (Wildman–Crippen LogP) is 4.39. The molecule has 0 saturated heterocycles. The summed E-state index contributed by atoms with van der Waals surface area (Å²) in [5, 5.41) is 9.15. The molecule has 0 aliphatic rings. The molecule has 0 fully saturated rings. The molecule has 0 spiro atoms. The van der Waals surface area contributed by atoms with Crippen molar-refractivity contribution >= 4 is 23.4 Å². The van der Waals surface area contributed by atoms with Crippen LogP contribution in [0, 0.1) is 6.92 Å². The fraction of sp³-hybridized carbons (Fsp3) is 0.133. The molecule has 3 rings (SSSR count). The van der Waals surface area contributed by atoms with Gasteiger partial charge in [0.1, 0.15) is 5.15 Å². The van der Waals surface area contributed by atoms with Crippen molar-refractivity contribution in [3.63, 3.8) is 0 Å². The number of thioether (sulfide) groups is 1. The van der Waals surface area contributed by atoms with Crippen LogP contribution in [-0.2, 0) is 5.75 Å². The SMILES string of the molecule is Cc1ccc(-c2nnc(SCc3ccc(Cl)nc3)o2)cc1. The largest absolute Gasteiger partial charge is 0.411 e. The Morgan fingerprint density at radius 2 is 1.90 bits per heavy atom. The maximum atomic E-state index is 5.75. The van der Waals surface area contributed by atoms with Crippen LogP contribution in [0.25, 0.3) is 11.5 Å². The van der Waals surface area contributed by atoms with E-state index in [2.05, 4.69) is 15.2 Å². The number of rotatable bonds is 4. The fourth-order valence-corrected chi connectivity index (χ4v) is 2.53. The first-order chi connectivity index (χ1) is 10.2. The van der Waals surface area contributed by atoms with Gasteiger partial charge in [-0.3, -0.25) is 0 Å². The van der Waals surface area contributed by atoms with E-state index in [0.29, 0.717) is 22.0 Å². The van der Waals surface area contributed by atoms with Crippen molar-refractivity contribution in [1.29, 1.82) is 0 Å². The molecule has 0 atom stereocenters. The quantitative estimate of drug-likeness (QED) is 0.528. The van der Waals surface area contributed by atoms with E-state index in [-0.39, 0.29) is 0 Å². The smallest absolute Gasteiger partial charge is 0.277 e. The van der Waals surface area contributed by atoms with E-state index >= 15 is 0 Å². The number of pyridine rings is 1. The summed E-state index contributed by atoms with van der Waals surface area (Å²) in [4.78, 5) is 4.04. The van der Waals surface area contributed by atoms with Crippen molar-refractivity contribution in [3.05, 3.63) is 58.9 Å². The van der Waals surface area contributed by atoms with Crippen LogP contribution in [0.3, 0.4) is 0 Å². The van der Waals surface area contributed by atoms with Gasteiger partial charge in [0.05, 0.1) is 0 Å². The van der Waals surface area contributed by atoms with Gasteiger partial charge in [-0.2, -0.15) is 0 Å². The Hall–Kier alpha value is -1.85. The van der Waals surface area contributed by atoms with Gasteiger partial charge in [0.25, 0.3) is 5.22 Å². The lowest BCUT2D eigenvalue weighted by Gasteiger charge is -1.97. The standard InChI is InChI=1S/C15H12ClN3OS/c1-10-2-5-12(6-3-10)14-18-19-15(20-14)21-9-11-4-7-13(16)17-8-11/h2-8H,9H2,1H3. The van der Waals surface area contributed by atoms with Gasteiger partial charge in [0, 0.05) is 17.5 Å². The van der Waals surface area contributed by atoms with Crippen molar-refractivity contribution in [1.82, 2.24) is 15.2 Å². The van der Waals surface area contributed by atoms with Gasteiger partial charge in [0.2, 0.25) is 5.89 Å².